The molecule has 126 valence electrons. The molecule has 1 N–H and O–H groups in total. The van der Waals surface area contributed by atoms with Gasteiger partial charge in [-0.15, -0.1) is 0 Å². The fourth-order valence-corrected chi connectivity index (χ4v) is 2.95. The molecule has 0 saturated heterocycles. The molecule has 0 unspecified atom stereocenters. The zero-order valence-corrected chi connectivity index (χ0v) is 14.3. The van der Waals surface area contributed by atoms with E-state index in [0.717, 1.165) is 17.7 Å². The van der Waals surface area contributed by atoms with Gasteiger partial charge in [0, 0.05) is 6.42 Å². The lowest BCUT2D eigenvalue weighted by Crippen LogP contribution is -2.39. The third-order valence-corrected chi connectivity index (χ3v) is 3.89. The molecule has 0 spiro atoms. The summed E-state index contributed by atoms with van der Waals surface area (Å²) in [5.41, 5.74) is 1.75. The van der Waals surface area contributed by atoms with Crippen LogP contribution < -0.4 is 10.1 Å². The first-order chi connectivity index (χ1) is 11.4. The number of ether oxygens (including phenoxy) is 2. The van der Waals surface area contributed by atoms with E-state index in [1.807, 2.05) is 69.3 Å². The van der Waals surface area contributed by atoms with Gasteiger partial charge in [-0.3, -0.25) is 0 Å². The zero-order chi connectivity index (χ0) is 17.2. The normalized spacial score (nSPS) is 19.5. The molecule has 0 aliphatic heterocycles. The second-order valence-corrected chi connectivity index (χ2v) is 7.00. The summed E-state index contributed by atoms with van der Waals surface area (Å²) in [7, 11) is 0. The minimum Gasteiger partial charge on any atom is -0.488 e. The van der Waals surface area contributed by atoms with Gasteiger partial charge in [-0.1, -0.05) is 42.5 Å². The van der Waals surface area contributed by atoms with Gasteiger partial charge in [-0.05, 0) is 44.0 Å². The molecule has 4 nitrogen and oxygen atoms in total. The predicted molar refractivity (Wildman–Crippen MR) is 93.1 cm³/mol. The Morgan fingerprint density at radius 2 is 1.71 bits per heavy atom. The number of para-hydroxylation sites is 1. The van der Waals surface area contributed by atoms with Gasteiger partial charge >= 0.3 is 6.09 Å². The summed E-state index contributed by atoms with van der Waals surface area (Å²) < 4.78 is 11.5. The second kappa shape index (κ2) is 6.56. The van der Waals surface area contributed by atoms with Crippen LogP contribution in [0.4, 0.5) is 4.79 Å². The molecule has 3 rings (SSSR count). The highest BCUT2D eigenvalue weighted by atomic mass is 16.6. The van der Waals surface area contributed by atoms with Crippen molar-refractivity contribution in [3.8, 4) is 5.75 Å². The molecule has 0 aromatic heterocycles. The smallest absolute Gasteiger partial charge is 0.408 e. The Balaban J connectivity index is 1.79. The lowest BCUT2D eigenvalue weighted by molar-refractivity contribution is 0.0455. The van der Waals surface area contributed by atoms with E-state index in [0.29, 0.717) is 0 Å². The van der Waals surface area contributed by atoms with Gasteiger partial charge in [0.05, 0.1) is 6.04 Å². The second-order valence-electron chi connectivity index (χ2n) is 7.00. The van der Waals surface area contributed by atoms with Crippen molar-refractivity contribution in [2.45, 2.75) is 44.9 Å². The Morgan fingerprint density at radius 3 is 2.42 bits per heavy atom. The number of rotatable bonds is 3. The lowest BCUT2D eigenvalue weighted by atomic mass is 10.1. The molecular weight excluding hydrogens is 302 g/mol. The van der Waals surface area contributed by atoms with Crippen molar-refractivity contribution in [3.05, 3.63) is 65.7 Å². The number of alkyl carbamates (subject to hydrolysis) is 1. The molecule has 0 fully saturated rings. The van der Waals surface area contributed by atoms with Gasteiger partial charge in [0.15, 0.2) is 0 Å². The molecule has 1 amide bonds. The third kappa shape index (κ3) is 3.88. The molecule has 0 heterocycles. The van der Waals surface area contributed by atoms with Crippen LogP contribution in [0.15, 0.2) is 54.6 Å². The standard InChI is InChI=1S/C20H23NO3/c1-20(2,3)24-19(22)21-18-16-12-8-7-9-14(16)13-17(18)23-15-10-5-4-6-11-15/h4-12,17-18H,13H2,1-3H3,(H,21,22)/t17-,18+/m0/s1. The van der Waals surface area contributed by atoms with E-state index >= 15 is 0 Å². The molecule has 1 aliphatic carbocycles. The maximum absolute atomic E-state index is 12.2. The number of hydrogen-bond acceptors (Lipinski definition) is 3. The van der Waals surface area contributed by atoms with Crippen molar-refractivity contribution >= 4 is 6.09 Å². The summed E-state index contributed by atoms with van der Waals surface area (Å²) in [6.45, 7) is 5.56. The average Bonchev–Trinajstić information content (AvgIpc) is 2.84. The summed E-state index contributed by atoms with van der Waals surface area (Å²) in [6.07, 6.45) is 0.175. The fourth-order valence-electron chi connectivity index (χ4n) is 2.95. The number of nitrogens with one attached hydrogen (secondary N) is 1. The minimum atomic E-state index is -0.530. The fraction of sp³-hybridized carbons (Fsp3) is 0.350. The molecule has 2 atom stereocenters. The van der Waals surface area contributed by atoms with E-state index in [2.05, 4.69) is 11.4 Å². The van der Waals surface area contributed by atoms with Gasteiger partial charge in [0.1, 0.15) is 17.5 Å². The molecule has 24 heavy (non-hydrogen) atoms. The highest BCUT2D eigenvalue weighted by Crippen LogP contribution is 2.34. The molecule has 1 aliphatic rings. The molecular formula is C20H23NO3. The Labute approximate surface area is 142 Å². The van der Waals surface area contributed by atoms with E-state index in [-0.39, 0.29) is 12.1 Å². The summed E-state index contributed by atoms with van der Waals surface area (Å²) in [5.74, 6) is 0.797. The number of fused-ring (bicyclic) bond motifs is 1. The van der Waals surface area contributed by atoms with Crippen LogP contribution in [0.25, 0.3) is 0 Å². The highest BCUT2D eigenvalue weighted by molar-refractivity contribution is 5.69. The Bertz CT molecular complexity index is 706. The van der Waals surface area contributed by atoms with Crippen molar-refractivity contribution < 1.29 is 14.3 Å². The van der Waals surface area contributed by atoms with Crippen LogP contribution in [-0.4, -0.2) is 17.8 Å². The monoisotopic (exact) mass is 325 g/mol. The van der Waals surface area contributed by atoms with Crippen molar-refractivity contribution in [1.29, 1.82) is 0 Å². The van der Waals surface area contributed by atoms with E-state index in [4.69, 9.17) is 9.47 Å². The highest BCUT2D eigenvalue weighted by Gasteiger charge is 2.36. The topological polar surface area (TPSA) is 47.6 Å². The van der Waals surface area contributed by atoms with Crippen LogP contribution in [-0.2, 0) is 11.2 Å². The van der Waals surface area contributed by atoms with Crippen LogP contribution in [0.2, 0.25) is 0 Å². The largest absolute Gasteiger partial charge is 0.488 e. The van der Waals surface area contributed by atoms with Crippen molar-refractivity contribution in [2.75, 3.05) is 0 Å². The Kier molecular flexibility index (Phi) is 4.47. The molecule has 0 radical (unpaired) electrons. The van der Waals surface area contributed by atoms with Gasteiger partial charge in [-0.25, -0.2) is 4.79 Å². The number of benzene rings is 2. The average molecular weight is 325 g/mol. The summed E-state index contributed by atoms with van der Waals surface area (Å²) in [5, 5.41) is 2.98. The van der Waals surface area contributed by atoms with Gasteiger partial charge in [0.2, 0.25) is 0 Å². The molecule has 0 saturated carbocycles. The Hall–Kier alpha value is -2.49. The molecule has 4 heteroatoms. The van der Waals surface area contributed by atoms with Crippen molar-refractivity contribution in [2.24, 2.45) is 0 Å². The maximum Gasteiger partial charge on any atom is 0.408 e. The minimum absolute atomic E-state index is 0.155. The van der Waals surface area contributed by atoms with Crippen molar-refractivity contribution in [3.63, 3.8) is 0 Å². The maximum atomic E-state index is 12.2. The number of hydrogen-bond donors (Lipinski definition) is 1. The van der Waals surface area contributed by atoms with Crippen LogP contribution >= 0.6 is 0 Å². The van der Waals surface area contributed by atoms with Crippen molar-refractivity contribution in [1.82, 2.24) is 5.32 Å². The zero-order valence-electron chi connectivity index (χ0n) is 14.3. The first kappa shape index (κ1) is 16.4. The summed E-state index contributed by atoms with van der Waals surface area (Å²) in [6, 6.07) is 17.5. The van der Waals surface area contributed by atoms with Gasteiger partial charge in [-0.2, -0.15) is 0 Å². The summed E-state index contributed by atoms with van der Waals surface area (Å²) >= 11 is 0. The Morgan fingerprint density at radius 1 is 1.04 bits per heavy atom. The van der Waals surface area contributed by atoms with Crippen LogP contribution in [0.1, 0.15) is 37.9 Å². The SMILES string of the molecule is CC(C)(C)OC(=O)N[C@@H]1c2ccccc2C[C@@H]1Oc1ccccc1. The molecule has 0 bridgehead atoms. The number of carbonyl (C=O) groups is 1. The number of amides is 1. The third-order valence-electron chi connectivity index (χ3n) is 3.89. The van der Waals surface area contributed by atoms with Gasteiger partial charge in [0.25, 0.3) is 0 Å². The number of carbonyl (C=O) groups excluding carboxylic acids is 1. The lowest BCUT2D eigenvalue weighted by Gasteiger charge is -2.26. The van der Waals surface area contributed by atoms with Crippen LogP contribution in [0, 0.1) is 0 Å². The predicted octanol–water partition coefficient (Wildman–Crippen LogP) is 4.26. The molecule has 2 aromatic carbocycles. The van der Waals surface area contributed by atoms with E-state index in [1.165, 1.54) is 5.56 Å². The van der Waals surface area contributed by atoms with E-state index in [1.54, 1.807) is 0 Å². The van der Waals surface area contributed by atoms with Gasteiger partial charge < -0.3 is 14.8 Å². The first-order valence-corrected chi connectivity index (χ1v) is 8.21. The molecule has 2 aromatic rings. The first-order valence-electron chi connectivity index (χ1n) is 8.21. The van der Waals surface area contributed by atoms with Crippen LogP contribution in [0.3, 0.4) is 0 Å². The van der Waals surface area contributed by atoms with E-state index in [9.17, 15) is 4.79 Å². The van der Waals surface area contributed by atoms with E-state index < -0.39 is 11.7 Å². The van der Waals surface area contributed by atoms with Crippen LogP contribution in [0.5, 0.6) is 5.75 Å². The quantitative estimate of drug-likeness (QED) is 0.917. The summed E-state index contributed by atoms with van der Waals surface area (Å²) in [4.78, 5) is 12.2.